The van der Waals surface area contributed by atoms with Crippen LogP contribution < -0.4 is 4.84 Å². The Labute approximate surface area is 103 Å². The summed E-state index contributed by atoms with van der Waals surface area (Å²) in [5, 5.41) is 14.7. The Balaban J connectivity index is 2.10. The van der Waals surface area contributed by atoms with Crippen molar-refractivity contribution >= 4 is 23.2 Å². The summed E-state index contributed by atoms with van der Waals surface area (Å²) in [6.07, 6.45) is 1.79. The maximum absolute atomic E-state index is 10.7. The monoisotopic (exact) mass is 252 g/mol. The molecular weight excluding hydrogens is 240 g/mol. The number of oxime groups is 1. The van der Waals surface area contributed by atoms with E-state index in [0.717, 1.165) is 30.1 Å². The number of nitro groups is 1. The molecule has 0 atom stereocenters. The lowest BCUT2D eigenvalue weighted by Gasteiger charge is -2.11. The molecule has 0 bridgehead atoms. The lowest BCUT2D eigenvalue weighted by atomic mass is 10.2. The van der Waals surface area contributed by atoms with E-state index in [0.29, 0.717) is 0 Å². The van der Waals surface area contributed by atoms with Crippen molar-refractivity contribution in [2.75, 3.05) is 11.5 Å². The highest BCUT2D eigenvalue weighted by atomic mass is 32.2. The summed E-state index contributed by atoms with van der Waals surface area (Å²) in [5.41, 5.74) is 0.920. The first-order valence-electron chi connectivity index (χ1n) is 5.31. The zero-order chi connectivity index (χ0) is 12.1. The van der Waals surface area contributed by atoms with Crippen molar-refractivity contribution in [1.82, 2.24) is 0 Å². The Kier molecular flexibility index (Phi) is 3.98. The van der Waals surface area contributed by atoms with E-state index in [2.05, 4.69) is 5.16 Å². The third-order valence-corrected chi connectivity index (χ3v) is 3.39. The summed E-state index contributed by atoms with van der Waals surface area (Å²) in [6, 6.07) is 6.26. The highest BCUT2D eigenvalue weighted by Gasteiger charge is 2.14. The predicted octanol–water partition coefficient (Wildman–Crippen LogP) is 2.86. The van der Waals surface area contributed by atoms with Crippen LogP contribution in [0.5, 0.6) is 5.75 Å². The van der Waals surface area contributed by atoms with Gasteiger partial charge in [0.05, 0.1) is 10.6 Å². The van der Waals surface area contributed by atoms with Crippen LogP contribution in [-0.4, -0.2) is 22.1 Å². The van der Waals surface area contributed by atoms with Gasteiger partial charge >= 0.3 is 5.69 Å². The van der Waals surface area contributed by atoms with Gasteiger partial charge < -0.3 is 4.84 Å². The van der Waals surface area contributed by atoms with E-state index in [9.17, 15) is 10.1 Å². The average molecular weight is 252 g/mol. The molecule has 6 heteroatoms. The maximum atomic E-state index is 10.7. The van der Waals surface area contributed by atoms with E-state index in [-0.39, 0.29) is 11.4 Å². The minimum atomic E-state index is -0.466. The predicted molar refractivity (Wildman–Crippen MR) is 67.7 cm³/mol. The van der Waals surface area contributed by atoms with Gasteiger partial charge in [0, 0.05) is 6.07 Å². The van der Waals surface area contributed by atoms with Crippen LogP contribution in [0.3, 0.4) is 0 Å². The molecule has 1 aliphatic heterocycles. The van der Waals surface area contributed by atoms with Gasteiger partial charge in [0.15, 0.2) is 0 Å². The van der Waals surface area contributed by atoms with Crippen LogP contribution in [0.15, 0.2) is 29.4 Å². The Morgan fingerprint density at radius 2 is 2.00 bits per heavy atom. The fraction of sp³-hybridized carbons (Fsp3) is 0.364. The number of thioether (sulfide) groups is 1. The van der Waals surface area contributed by atoms with Crippen LogP contribution in [0.2, 0.25) is 0 Å². The molecular formula is C11H12N2O3S. The van der Waals surface area contributed by atoms with Crippen LogP contribution in [-0.2, 0) is 0 Å². The van der Waals surface area contributed by atoms with Crippen molar-refractivity contribution in [2.45, 2.75) is 12.8 Å². The Morgan fingerprint density at radius 1 is 1.29 bits per heavy atom. The number of para-hydroxylation sites is 2. The van der Waals surface area contributed by atoms with Gasteiger partial charge in [0.1, 0.15) is 0 Å². The van der Waals surface area contributed by atoms with Crippen molar-refractivity contribution in [3.63, 3.8) is 0 Å². The van der Waals surface area contributed by atoms with E-state index in [1.54, 1.807) is 18.2 Å². The summed E-state index contributed by atoms with van der Waals surface area (Å²) in [4.78, 5) is 15.5. The zero-order valence-corrected chi connectivity index (χ0v) is 9.98. The van der Waals surface area contributed by atoms with Crippen LogP contribution >= 0.6 is 11.8 Å². The zero-order valence-electron chi connectivity index (χ0n) is 9.17. The number of nitrogens with zero attached hydrogens (tertiary/aromatic N) is 2. The van der Waals surface area contributed by atoms with Gasteiger partial charge in [-0.15, -0.1) is 0 Å². The van der Waals surface area contributed by atoms with Crippen molar-refractivity contribution in [1.29, 1.82) is 0 Å². The lowest BCUT2D eigenvalue weighted by Crippen LogP contribution is -2.09. The molecule has 1 saturated heterocycles. The van der Waals surface area contributed by atoms with Crippen molar-refractivity contribution in [3.05, 3.63) is 34.4 Å². The minimum Gasteiger partial charge on any atom is -0.350 e. The Morgan fingerprint density at radius 3 is 2.71 bits per heavy atom. The molecule has 17 heavy (non-hydrogen) atoms. The molecule has 0 radical (unpaired) electrons. The number of benzene rings is 1. The van der Waals surface area contributed by atoms with Crippen molar-refractivity contribution in [3.8, 4) is 5.75 Å². The first-order valence-corrected chi connectivity index (χ1v) is 6.47. The van der Waals surface area contributed by atoms with Crippen molar-refractivity contribution < 1.29 is 9.76 Å². The number of hydrogen-bond acceptors (Lipinski definition) is 5. The van der Waals surface area contributed by atoms with E-state index in [4.69, 9.17) is 4.84 Å². The smallest absolute Gasteiger partial charge is 0.314 e. The fourth-order valence-corrected chi connectivity index (χ4v) is 2.46. The molecule has 1 aromatic carbocycles. The largest absolute Gasteiger partial charge is 0.350 e. The first kappa shape index (κ1) is 11.9. The molecule has 2 rings (SSSR count). The van der Waals surface area contributed by atoms with E-state index in [1.807, 2.05) is 11.8 Å². The number of hydrogen-bond donors (Lipinski definition) is 0. The fourth-order valence-electron chi connectivity index (χ4n) is 1.50. The van der Waals surface area contributed by atoms with Crippen LogP contribution in [0, 0.1) is 10.1 Å². The second-order valence-electron chi connectivity index (χ2n) is 3.59. The van der Waals surface area contributed by atoms with Gasteiger partial charge in [-0.25, -0.2) is 0 Å². The summed E-state index contributed by atoms with van der Waals surface area (Å²) >= 11 is 1.88. The summed E-state index contributed by atoms with van der Waals surface area (Å²) in [6.45, 7) is 0. The van der Waals surface area contributed by atoms with Gasteiger partial charge in [-0.05, 0) is 30.4 Å². The average Bonchev–Trinajstić information content (AvgIpc) is 2.38. The molecule has 1 aliphatic rings. The number of nitro benzene ring substituents is 1. The van der Waals surface area contributed by atoms with Gasteiger partial charge in [-0.2, -0.15) is 11.8 Å². The molecule has 5 nitrogen and oxygen atoms in total. The summed E-state index contributed by atoms with van der Waals surface area (Å²) < 4.78 is 0. The molecule has 90 valence electrons. The molecule has 0 aromatic heterocycles. The lowest BCUT2D eigenvalue weighted by molar-refractivity contribution is -0.385. The second-order valence-corrected chi connectivity index (χ2v) is 4.81. The van der Waals surface area contributed by atoms with Crippen LogP contribution in [0.25, 0.3) is 0 Å². The molecule has 0 N–H and O–H groups in total. The van der Waals surface area contributed by atoms with Gasteiger partial charge in [-0.3, -0.25) is 10.1 Å². The van der Waals surface area contributed by atoms with E-state index < -0.39 is 4.92 Å². The molecule has 1 aromatic rings. The van der Waals surface area contributed by atoms with Gasteiger partial charge in [0.2, 0.25) is 5.75 Å². The molecule has 0 aliphatic carbocycles. The molecule has 0 unspecified atom stereocenters. The van der Waals surface area contributed by atoms with Crippen molar-refractivity contribution in [2.24, 2.45) is 5.16 Å². The summed E-state index contributed by atoms with van der Waals surface area (Å²) in [5.74, 6) is 2.28. The Bertz CT molecular complexity index is 440. The highest BCUT2D eigenvalue weighted by Crippen LogP contribution is 2.26. The first-order chi connectivity index (χ1) is 8.27. The second kappa shape index (κ2) is 5.67. The van der Waals surface area contributed by atoms with E-state index >= 15 is 0 Å². The maximum Gasteiger partial charge on any atom is 0.314 e. The van der Waals surface area contributed by atoms with Crippen LogP contribution in [0.4, 0.5) is 5.69 Å². The van der Waals surface area contributed by atoms with E-state index in [1.165, 1.54) is 6.07 Å². The minimum absolute atomic E-state index is 0.0537. The third kappa shape index (κ3) is 3.20. The molecule has 0 spiro atoms. The molecule has 0 amide bonds. The molecule has 1 fully saturated rings. The standard InChI is InChI=1S/C11H12N2O3S/c14-13(15)10-3-1-2-4-11(10)16-12-9-5-7-17-8-6-9/h1-4H,5-8H2. The Hall–Kier alpha value is -1.56. The molecule has 0 saturated carbocycles. The summed E-state index contributed by atoms with van der Waals surface area (Å²) in [7, 11) is 0. The van der Waals surface area contributed by atoms with Gasteiger partial charge in [0.25, 0.3) is 0 Å². The quantitative estimate of drug-likeness (QED) is 0.613. The highest BCUT2D eigenvalue weighted by molar-refractivity contribution is 7.99. The third-order valence-electron chi connectivity index (χ3n) is 2.41. The normalized spacial score (nSPS) is 15.4. The SMILES string of the molecule is O=[N+]([O-])c1ccccc1ON=C1CCSCC1. The molecule has 1 heterocycles. The topological polar surface area (TPSA) is 64.7 Å². The van der Waals surface area contributed by atoms with Gasteiger partial charge in [-0.1, -0.05) is 17.3 Å². The van der Waals surface area contributed by atoms with Crippen LogP contribution in [0.1, 0.15) is 12.8 Å². The number of rotatable bonds is 3.